The van der Waals surface area contributed by atoms with Crippen LogP contribution in [0.3, 0.4) is 0 Å². The SMILES string of the molecule is Nc1ncn(Cc2c(Br)ccnc2Cl)c2nc(-c3ccccc3)nc1-2. The number of imidazole rings is 1. The van der Waals surface area contributed by atoms with Crippen LogP contribution in [0.4, 0.5) is 5.82 Å². The third-order valence-corrected chi connectivity index (χ3v) is 4.87. The van der Waals surface area contributed by atoms with Crippen molar-refractivity contribution in [1.82, 2.24) is 24.5 Å². The molecule has 0 radical (unpaired) electrons. The van der Waals surface area contributed by atoms with Gasteiger partial charge in [0.05, 0.1) is 12.9 Å². The highest BCUT2D eigenvalue weighted by Crippen LogP contribution is 2.30. The minimum Gasteiger partial charge on any atom is -0.382 e. The molecule has 0 spiro atoms. The summed E-state index contributed by atoms with van der Waals surface area (Å²) in [6.07, 6.45) is 3.28. The van der Waals surface area contributed by atoms with Gasteiger partial charge in [0.2, 0.25) is 0 Å². The second kappa shape index (κ2) is 6.42. The number of halogens is 2. The van der Waals surface area contributed by atoms with Crippen LogP contribution >= 0.6 is 27.5 Å². The second-order valence-corrected chi connectivity index (χ2v) is 6.62. The van der Waals surface area contributed by atoms with Gasteiger partial charge in [0.15, 0.2) is 23.2 Å². The zero-order valence-corrected chi connectivity index (χ0v) is 15.2. The second-order valence-electron chi connectivity index (χ2n) is 5.41. The van der Waals surface area contributed by atoms with Crippen molar-refractivity contribution in [2.24, 2.45) is 0 Å². The molecule has 8 heteroatoms. The molecule has 2 N–H and O–H groups in total. The van der Waals surface area contributed by atoms with E-state index in [1.54, 1.807) is 12.5 Å². The van der Waals surface area contributed by atoms with Crippen molar-refractivity contribution in [3.8, 4) is 22.9 Å². The molecule has 4 rings (SSSR count). The van der Waals surface area contributed by atoms with Crippen LogP contribution in [-0.2, 0) is 6.54 Å². The molecule has 1 aromatic heterocycles. The van der Waals surface area contributed by atoms with Gasteiger partial charge in [-0.1, -0.05) is 57.9 Å². The summed E-state index contributed by atoms with van der Waals surface area (Å²) in [4.78, 5) is 17.6. The number of pyridine rings is 1. The molecule has 0 saturated carbocycles. The smallest absolute Gasteiger partial charge is 0.166 e. The Morgan fingerprint density at radius 2 is 1.88 bits per heavy atom. The highest BCUT2D eigenvalue weighted by atomic mass is 79.9. The van der Waals surface area contributed by atoms with E-state index < -0.39 is 0 Å². The number of nitrogen functional groups attached to an aromatic ring is 1. The summed E-state index contributed by atoms with van der Waals surface area (Å²) < 4.78 is 2.73. The fraction of sp³-hybridized carbons (Fsp3) is 0.0588. The summed E-state index contributed by atoms with van der Waals surface area (Å²) in [6.45, 7) is 0.448. The monoisotopic (exact) mass is 414 g/mol. The number of benzene rings is 1. The maximum Gasteiger partial charge on any atom is 0.166 e. The highest BCUT2D eigenvalue weighted by molar-refractivity contribution is 9.10. The summed E-state index contributed by atoms with van der Waals surface area (Å²) in [5.74, 6) is 1.61. The maximum atomic E-state index is 6.23. The predicted molar refractivity (Wildman–Crippen MR) is 100 cm³/mol. The summed E-state index contributed by atoms with van der Waals surface area (Å²) >= 11 is 9.73. The molecule has 0 saturated heterocycles. The van der Waals surface area contributed by atoms with Crippen LogP contribution in [0.5, 0.6) is 0 Å². The van der Waals surface area contributed by atoms with E-state index in [9.17, 15) is 0 Å². The molecule has 0 amide bonds. The number of nitrogens with two attached hydrogens (primary N) is 1. The Labute approximate surface area is 157 Å². The first-order chi connectivity index (χ1) is 12.1. The summed E-state index contributed by atoms with van der Waals surface area (Å²) in [7, 11) is 0. The number of hydrogen-bond donors (Lipinski definition) is 1. The first-order valence-corrected chi connectivity index (χ1v) is 8.63. The Kier molecular flexibility index (Phi) is 4.10. The van der Waals surface area contributed by atoms with E-state index in [4.69, 9.17) is 17.3 Å². The van der Waals surface area contributed by atoms with Crippen LogP contribution in [-0.4, -0.2) is 24.5 Å². The lowest BCUT2D eigenvalue weighted by molar-refractivity contribution is 0.757. The first kappa shape index (κ1) is 16.0. The van der Waals surface area contributed by atoms with Gasteiger partial charge in [-0.25, -0.2) is 19.9 Å². The minimum atomic E-state index is 0.345. The molecule has 124 valence electrons. The quantitative estimate of drug-likeness (QED) is 0.513. The van der Waals surface area contributed by atoms with Crippen LogP contribution in [0.25, 0.3) is 22.9 Å². The van der Waals surface area contributed by atoms with Crippen molar-refractivity contribution in [1.29, 1.82) is 0 Å². The fourth-order valence-electron chi connectivity index (χ4n) is 2.54. The zero-order valence-electron chi connectivity index (χ0n) is 12.9. The number of aromatic nitrogens is 5. The molecule has 0 atom stereocenters. The largest absolute Gasteiger partial charge is 0.382 e. The maximum absolute atomic E-state index is 6.23. The molecule has 1 aromatic carbocycles. The number of anilines is 1. The van der Waals surface area contributed by atoms with Crippen molar-refractivity contribution >= 4 is 33.3 Å². The van der Waals surface area contributed by atoms with Gasteiger partial charge in [0.25, 0.3) is 0 Å². The number of hydrogen-bond acceptors (Lipinski definition) is 5. The number of fused-ring (bicyclic) bond motifs is 1. The molecule has 0 unspecified atom stereocenters. The third-order valence-electron chi connectivity index (χ3n) is 3.80. The Morgan fingerprint density at radius 3 is 2.64 bits per heavy atom. The number of nitrogens with zero attached hydrogens (tertiary/aromatic N) is 5. The van der Waals surface area contributed by atoms with Crippen molar-refractivity contribution in [2.75, 3.05) is 5.73 Å². The van der Waals surface area contributed by atoms with Crippen LogP contribution in [0.1, 0.15) is 5.56 Å². The molecular weight excluding hydrogens is 404 g/mol. The Bertz CT molecular complexity index is 997. The summed E-state index contributed by atoms with van der Waals surface area (Å²) in [5.41, 5.74) is 8.32. The van der Waals surface area contributed by atoms with E-state index in [0.717, 1.165) is 15.6 Å². The van der Waals surface area contributed by atoms with Crippen molar-refractivity contribution in [3.63, 3.8) is 0 Å². The van der Waals surface area contributed by atoms with Crippen LogP contribution < -0.4 is 5.73 Å². The van der Waals surface area contributed by atoms with Gasteiger partial charge in [0.1, 0.15) is 5.15 Å². The van der Waals surface area contributed by atoms with Gasteiger partial charge in [-0.05, 0) is 6.07 Å². The minimum absolute atomic E-state index is 0.345. The highest BCUT2D eigenvalue weighted by Gasteiger charge is 2.20. The molecule has 2 aromatic rings. The normalized spacial score (nSPS) is 11.1. The average molecular weight is 416 g/mol. The molecule has 3 heterocycles. The molecular formula is C17H12BrClN6. The van der Waals surface area contributed by atoms with Gasteiger partial charge in [-0.3, -0.25) is 0 Å². The molecule has 0 fully saturated rings. The van der Waals surface area contributed by atoms with Crippen LogP contribution in [0.2, 0.25) is 5.15 Å². The van der Waals surface area contributed by atoms with Crippen LogP contribution in [0, 0.1) is 0 Å². The van der Waals surface area contributed by atoms with E-state index in [-0.39, 0.29) is 0 Å². The van der Waals surface area contributed by atoms with Crippen molar-refractivity contribution < 1.29 is 0 Å². The van der Waals surface area contributed by atoms with Gasteiger partial charge in [-0.15, -0.1) is 0 Å². The topological polar surface area (TPSA) is 82.5 Å². The third kappa shape index (κ3) is 2.96. The fourth-order valence-corrected chi connectivity index (χ4v) is 3.31. The first-order valence-electron chi connectivity index (χ1n) is 7.46. The Morgan fingerprint density at radius 1 is 1.08 bits per heavy atom. The molecule has 6 nitrogen and oxygen atoms in total. The van der Waals surface area contributed by atoms with Gasteiger partial charge in [-0.2, -0.15) is 0 Å². The lowest BCUT2D eigenvalue weighted by Crippen LogP contribution is -2.10. The lowest BCUT2D eigenvalue weighted by atomic mass is 10.2. The molecule has 25 heavy (non-hydrogen) atoms. The van der Waals surface area contributed by atoms with Crippen molar-refractivity contribution in [3.05, 3.63) is 64.1 Å². The standard InChI is InChI=1S/C17H12BrClN6/c18-12-6-7-21-14(19)11(12)8-25-9-22-15(20)13-17(25)24-16(23-13)10-4-2-1-3-5-10/h1-7,9H,8,20H2. The van der Waals surface area contributed by atoms with Gasteiger partial charge in [0, 0.05) is 21.8 Å². The van der Waals surface area contributed by atoms with E-state index >= 15 is 0 Å². The van der Waals surface area contributed by atoms with Crippen LogP contribution in [0.15, 0.2) is 53.4 Å². The lowest BCUT2D eigenvalue weighted by Gasteiger charge is -2.13. The van der Waals surface area contributed by atoms with Gasteiger partial charge >= 0.3 is 0 Å². The number of rotatable bonds is 3. The molecule has 0 aliphatic carbocycles. The predicted octanol–water partition coefficient (Wildman–Crippen LogP) is 3.89. The van der Waals surface area contributed by atoms with E-state index in [1.165, 1.54) is 0 Å². The Hall–Kier alpha value is -2.51. The molecule has 2 aliphatic rings. The Balaban J connectivity index is 1.83. The average Bonchev–Trinajstić information content (AvgIpc) is 3.07. The molecule has 2 aliphatic heterocycles. The van der Waals surface area contributed by atoms with E-state index in [0.29, 0.717) is 34.9 Å². The summed E-state index contributed by atoms with van der Waals surface area (Å²) in [6, 6.07) is 11.6. The van der Waals surface area contributed by atoms with E-state index in [1.807, 2.05) is 41.0 Å². The van der Waals surface area contributed by atoms with Gasteiger partial charge < -0.3 is 10.3 Å². The van der Waals surface area contributed by atoms with Crippen molar-refractivity contribution in [2.45, 2.75) is 6.54 Å². The van der Waals surface area contributed by atoms with E-state index in [2.05, 4.69) is 35.9 Å². The zero-order chi connectivity index (χ0) is 17.4. The molecule has 0 bridgehead atoms. The summed E-state index contributed by atoms with van der Waals surface area (Å²) in [5, 5.41) is 0.426.